The van der Waals surface area contributed by atoms with Crippen LogP contribution in [0.3, 0.4) is 0 Å². The molecule has 0 bridgehead atoms. The van der Waals surface area contributed by atoms with Crippen molar-refractivity contribution in [1.82, 2.24) is 4.90 Å². The zero-order chi connectivity index (χ0) is 9.47. The average Bonchev–Trinajstić information content (AvgIpc) is 2.58. The Morgan fingerprint density at radius 2 is 2.15 bits per heavy atom. The van der Waals surface area contributed by atoms with E-state index in [0.717, 1.165) is 13.1 Å². The molecule has 0 aromatic heterocycles. The van der Waals surface area contributed by atoms with Crippen LogP contribution in [0.2, 0.25) is 0 Å². The number of piperidine rings is 1. The topological polar surface area (TPSA) is 3.24 Å². The molecule has 2 atom stereocenters. The average molecular weight is 189 g/mol. The molecule has 3 heteroatoms. The smallest absolute Gasteiger partial charge is 0.252 e. The molecule has 13 heavy (non-hydrogen) atoms. The van der Waals surface area contributed by atoms with Gasteiger partial charge < -0.3 is 4.90 Å². The summed E-state index contributed by atoms with van der Waals surface area (Å²) in [5.41, 5.74) is 0. The first-order valence-electron chi connectivity index (χ1n) is 5.18. The molecule has 0 spiro atoms. The molecule has 1 unspecified atom stereocenters. The van der Waals surface area contributed by atoms with Crippen LogP contribution in [-0.2, 0) is 0 Å². The fourth-order valence-electron chi connectivity index (χ4n) is 2.23. The number of likely N-dealkylation sites (tertiary alicyclic amines) is 1. The molecule has 1 aliphatic heterocycles. The summed E-state index contributed by atoms with van der Waals surface area (Å²) in [6, 6.07) is 0. The largest absolute Gasteiger partial charge is 0.303 e. The van der Waals surface area contributed by atoms with Crippen molar-refractivity contribution in [1.29, 1.82) is 0 Å². The highest BCUT2D eigenvalue weighted by molar-refractivity contribution is 4.97. The van der Waals surface area contributed by atoms with Gasteiger partial charge in [-0.2, -0.15) is 0 Å². The summed E-state index contributed by atoms with van der Waals surface area (Å²) in [4.78, 5) is 2.21. The highest BCUT2D eigenvalue weighted by Crippen LogP contribution is 2.49. The number of hydrogen-bond donors (Lipinski definition) is 0. The number of halogens is 2. The van der Waals surface area contributed by atoms with E-state index >= 15 is 0 Å². The predicted octanol–water partition coefficient (Wildman–Crippen LogP) is 2.37. The van der Waals surface area contributed by atoms with Gasteiger partial charge in [0.05, 0.1) is 0 Å². The van der Waals surface area contributed by atoms with Crippen molar-refractivity contribution in [3.05, 3.63) is 0 Å². The molecule has 2 rings (SSSR count). The SMILES string of the molecule is C[C@H]1CCCN(CC2CC2(F)F)C1. The monoisotopic (exact) mass is 189 g/mol. The lowest BCUT2D eigenvalue weighted by molar-refractivity contribution is 0.0799. The van der Waals surface area contributed by atoms with Crippen molar-refractivity contribution in [2.45, 2.75) is 32.1 Å². The second kappa shape index (κ2) is 3.19. The molecule has 1 aliphatic carbocycles. The Labute approximate surface area is 78.1 Å². The van der Waals surface area contributed by atoms with E-state index in [1.54, 1.807) is 0 Å². The van der Waals surface area contributed by atoms with Gasteiger partial charge in [0, 0.05) is 25.4 Å². The summed E-state index contributed by atoms with van der Waals surface area (Å²) in [6.45, 7) is 4.87. The van der Waals surface area contributed by atoms with Crippen LogP contribution in [0.25, 0.3) is 0 Å². The molecule has 1 heterocycles. The van der Waals surface area contributed by atoms with Gasteiger partial charge in [0.25, 0.3) is 5.92 Å². The Balaban J connectivity index is 1.76. The molecule has 76 valence electrons. The predicted molar refractivity (Wildman–Crippen MR) is 47.9 cm³/mol. The lowest BCUT2D eigenvalue weighted by Gasteiger charge is -2.30. The fourth-order valence-corrected chi connectivity index (χ4v) is 2.23. The maximum absolute atomic E-state index is 12.6. The summed E-state index contributed by atoms with van der Waals surface area (Å²) in [7, 11) is 0. The van der Waals surface area contributed by atoms with E-state index in [-0.39, 0.29) is 12.3 Å². The molecule has 0 N–H and O–H groups in total. The standard InChI is InChI=1S/C10H17F2N/c1-8-3-2-4-13(6-8)7-9-5-10(9,11)12/h8-9H,2-7H2,1H3/t8-,9?/m0/s1. The number of nitrogens with zero attached hydrogens (tertiary/aromatic N) is 1. The Hall–Kier alpha value is -0.180. The minimum absolute atomic E-state index is 0.123. The van der Waals surface area contributed by atoms with Gasteiger partial charge in [-0.05, 0) is 25.3 Å². The Morgan fingerprint density at radius 1 is 1.46 bits per heavy atom. The summed E-state index contributed by atoms with van der Waals surface area (Å²) in [5.74, 6) is -1.97. The highest BCUT2D eigenvalue weighted by atomic mass is 19.3. The van der Waals surface area contributed by atoms with Crippen LogP contribution in [-0.4, -0.2) is 30.5 Å². The Kier molecular flexibility index (Phi) is 2.30. The van der Waals surface area contributed by atoms with E-state index in [1.807, 2.05) is 0 Å². The molecule has 1 nitrogen and oxygen atoms in total. The summed E-state index contributed by atoms with van der Waals surface area (Å²) >= 11 is 0. The van der Waals surface area contributed by atoms with E-state index in [0.29, 0.717) is 12.5 Å². The van der Waals surface area contributed by atoms with Crippen LogP contribution in [0.15, 0.2) is 0 Å². The molecule has 0 radical (unpaired) electrons. The van der Waals surface area contributed by atoms with Crippen molar-refractivity contribution in [3.8, 4) is 0 Å². The maximum atomic E-state index is 12.6. The van der Waals surface area contributed by atoms with E-state index in [1.165, 1.54) is 12.8 Å². The number of hydrogen-bond acceptors (Lipinski definition) is 1. The molecule has 1 saturated carbocycles. The molecule has 0 amide bonds. The lowest BCUT2D eigenvalue weighted by Crippen LogP contribution is -2.36. The van der Waals surface area contributed by atoms with Gasteiger partial charge in [-0.15, -0.1) is 0 Å². The van der Waals surface area contributed by atoms with Gasteiger partial charge in [-0.1, -0.05) is 6.92 Å². The van der Waals surface area contributed by atoms with Crippen molar-refractivity contribution >= 4 is 0 Å². The molecular weight excluding hydrogens is 172 g/mol. The Morgan fingerprint density at radius 3 is 2.69 bits per heavy atom. The zero-order valence-electron chi connectivity index (χ0n) is 8.10. The molecule has 0 aromatic rings. The van der Waals surface area contributed by atoms with E-state index in [2.05, 4.69) is 11.8 Å². The molecule has 1 saturated heterocycles. The van der Waals surface area contributed by atoms with Gasteiger partial charge in [0.15, 0.2) is 0 Å². The third-order valence-electron chi connectivity index (χ3n) is 3.18. The third kappa shape index (κ3) is 2.19. The summed E-state index contributed by atoms with van der Waals surface area (Å²) in [5, 5.41) is 0. The summed E-state index contributed by atoms with van der Waals surface area (Å²) in [6.07, 6.45) is 2.56. The number of alkyl halides is 2. The zero-order valence-corrected chi connectivity index (χ0v) is 8.10. The van der Waals surface area contributed by atoms with Crippen molar-refractivity contribution < 1.29 is 8.78 Å². The molecule has 2 fully saturated rings. The first-order valence-corrected chi connectivity index (χ1v) is 5.18. The van der Waals surface area contributed by atoms with E-state index in [4.69, 9.17) is 0 Å². The van der Waals surface area contributed by atoms with Crippen LogP contribution < -0.4 is 0 Å². The normalized spacial score (nSPS) is 39.0. The Bertz CT molecular complexity index is 193. The first kappa shape index (κ1) is 9.38. The quantitative estimate of drug-likeness (QED) is 0.644. The second-order valence-corrected chi connectivity index (χ2v) is 4.67. The van der Waals surface area contributed by atoms with Crippen molar-refractivity contribution in [2.75, 3.05) is 19.6 Å². The van der Waals surface area contributed by atoms with Crippen molar-refractivity contribution in [3.63, 3.8) is 0 Å². The first-order chi connectivity index (χ1) is 6.08. The molecule has 0 aromatic carbocycles. The van der Waals surface area contributed by atoms with Gasteiger partial charge in [-0.3, -0.25) is 0 Å². The lowest BCUT2D eigenvalue weighted by atomic mass is 10.0. The minimum Gasteiger partial charge on any atom is -0.303 e. The van der Waals surface area contributed by atoms with E-state index < -0.39 is 5.92 Å². The van der Waals surface area contributed by atoms with Crippen LogP contribution >= 0.6 is 0 Å². The summed E-state index contributed by atoms with van der Waals surface area (Å²) < 4.78 is 25.2. The fraction of sp³-hybridized carbons (Fsp3) is 1.00. The minimum atomic E-state index is -2.33. The van der Waals surface area contributed by atoms with Gasteiger partial charge in [0.2, 0.25) is 0 Å². The van der Waals surface area contributed by atoms with Crippen molar-refractivity contribution in [2.24, 2.45) is 11.8 Å². The van der Waals surface area contributed by atoms with Crippen LogP contribution in [0.4, 0.5) is 8.78 Å². The second-order valence-electron chi connectivity index (χ2n) is 4.67. The molecular formula is C10H17F2N. The van der Waals surface area contributed by atoms with Gasteiger partial charge in [-0.25, -0.2) is 8.78 Å². The molecule has 2 aliphatic rings. The maximum Gasteiger partial charge on any atom is 0.252 e. The van der Waals surface area contributed by atoms with Crippen LogP contribution in [0.5, 0.6) is 0 Å². The van der Waals surface area contributed by atoms with Gasteiger partial charge in [0.1, 0.15) is 0 Å². The van der Waals surface area contributed by atoms with Gasteiger partial charge >= 0.3 is 0 Å². The van der Waals surface area contributed by atoms with Crippen LogP contribution in [0, 0.1) is 11.8 Å². The highest BCUT2D eigenvalue weighted by Gasteiger charge is 2.56. The van der Waals surface area contributed by atoms with E-state index in [9.17, 15) is 8.78 Å². The van der Waals surface area contributed by atoms with Crippen LogP contribution in [0.1, 0.15) is 26.2 Å². The number of rotatable bonds is 2. The third-order valence-corrected chi connectivity index (χ3v) is 3.18.